The molecule has 1 heterocycles. The zero-order valence-corrected chi connectivity index (χ0v) is 11.8. The molecule has 0 aromatic rings. The second-order valence-corrected chi connectivity index (χ2v) is 6.67. The van der Waals surface area contributed by atoms with Crippen LogP contribution in [0, 0.1) is 16.7 Å². The Labute approximate surface area is 100 Å². The van der Waals surface area contributed by atoms with Crippen LogP contribution in [0.3, 0.4) is 0 Å². The third kappa shape index (κ3) is 0.977. The maximum Gasteiger partial charge on any atom is 0.0400 e. The van der Waals surface area contributed by atoms with Gasteiger partial charge in [0, 0.05) is 23.7 Å². The maximum absolute atomic E-state index is 2.48. The van der Waals surface area contributed by atoms with E-state index in [4.69, 9.17) is 0 Å². The SMILES string of the molecule is CC1C=CC=C2N(C)C(C)(C)C(C)(C)C21C. The van der Waals surface area contributed by atoms with Gasteiger partial charge in [0.05, 0.1) is 0 Å². The van der Waals surface area contributed by atoms with Crippen LogP contribution in [0.2, 0.25) is 0 Å². The second kappa shape index (κ2) is 2.94. The summed E-state index contributed by atoms with van der Waals surface area (Å²) < 4.78 is 0. The lowest BCUT2D eigenvalue weighted by Gasteiger charge is -2.47. The normalized spacial score (nSPS) is 39.6. The van der Waals surface area contributed by atoms with Gasteiger partial charge in [-0.3, -0.25) is 0 Å². The lowest BCUT2D eigenvalue weighted by Crippen LogP contribution is -2.48. The smallest absolute Gasteiger partial charge is 0.0400 e. The van der Waals surface area contributed by atoms with Crippen molar-refractivity contribution in [3.05, 3.63) is 23.9 Å². The van der Waals surface area contributed by atoms with Crippen LogP contribution in [0.15, 0.2) is 23.9 Å². The number of hydrogen-bond donors (Lipinski definition) is 0. The molecule has 16 heavy (non-hydrogen) atoms. The fraction of sp³-hybridized carbons (Fsp3) is 0.733. The zero-order chi connectivity index (χ0) is 12.4. The third-order valence-corrected chi connectivity index (χ3v) is 6.12. The van der Waals surface area contributed by atoms with Crippen molar-refractivity contribution in [2.45, 2.75) is 47.1 Å². The highest BCUT2D eigenvalue weighted by Gasteiger charge is 2.63. The Hall–Kier alpha value is -0.720. The molecule has 1 heteroatoms. The molecule has 1 fully saturated rings. The van der Waals surface area contributed by atoms with E-state index >= 15 is 0 Å². The summed E-state index contributed by atoms with van der Waals surface area (Å²) in [6.07, 6.45) is 6.87. The van der Waals surface area contributed by atoms with Gasteiger partial charge >= 0.3 is 0 Å². The molecule has 0 saturated carbocycles. The Morgan fingerprint density at radius 3 is 2.19 bits per heavy atom. The highest BCUT2D eigenvalue weighted by atomic mass is 15.2. The first-order valence-electron chi connectivity index (χ1n) is 6.30. The minimum atomic E-state index is 0.202. The summed E-state index contributed by atoms with van der Waals surface area (Å²) in [6, 6.07) is 0. The van der Waals surface area contributed by atoms with E-state index in [1.54, 1.807) is 0 Å². The molecule has 2 rings (SSSR count). The van der Waals surface area contributed by atoms with Crippen LogP contribution >= 0.6 is 0 Å². The van der Waals surface area contributed by atoms with Crippen molar-refractivity contribution in [3.63, 3.8) is 0 Å². The Balaban J connectivity index is 2.66. The molecule has 2 unspecified atom stereocenters. The van der Waals surface area contributed by atoms with Crippen molar-refractivity contribution >= 4 is 0 Å². The van der Waals surface area contributed by atoms with Gasteiger partial charge in [0.25, 0.3) is 0 Å². The number of allylic oxidation sites excluding steroid dienone is 4. The molecular formula is C15H25N. The minimum absolute atomic E-state index is 0.202. The summed E-state index contributed by atoms with van der Waals surface area (Å²) in [5.74, 6) is 0.603. The number of hydrogen-bond acceptors (Lipinski definition) is 1. The quantitative estimate of drug-likeness (QED) is 0.598. The Morgan fingerprint density at radius 1 is 1.12 bits per heavy atom. The van der Waals surface area contributed by atoms with Crippen molar-refractivity contribution < 1.29 is 0 Å². The first kappa shape index (κ1) is 11.8. The molecule has 0 amide bonds. The van der Waals surface area contributed by atoms with E-state index in [0.29, 0.717) is 5.92 Å². The molecular weight excluding hydrogens is 194 g/mol. The summed E-state index contributed by atoms with van der Waals surface area (Å²) in [6.45, 7) is 14.3. The van der Waals surface area contributed by atoms with Crippen LogP contribution < -0.4 is 0 Å². The van der Waals surface area contributed by atoms with Crippen LogP contribution in [-0.4, -0.2) is 17.5 Å². The predicted octanol–water partition coefficient (Wildman–Crippen LogP) is 3.83. The fourth-order valence-electron chi connectivity index (χ4n) is 3.62. The summed E-state index contributed by atoms with van der Waals surface area (Å²) in [7, 11) is 2.24. The van der Waals surface area contributed by atoms with Gasteiger partial charge < -0.3 is 4.90 Å². The Kier molecular flexibility index (Phi) is 2.16. The van der Waals surface area contributed by atoms with E-state index in [1.165, 1.54) is 5.70 Å². The number of rotatable bonds is 0. The zero-order valence-electron chi connectivity index (χ0n) is 11.8. The first-order valence-corrected chi connectivity index (χ1v) is 6.30. The van der Waals surface area contributed by atoms with Crippen LogP contribution in [0.25, 0.3) is 0 Å². The van der Waals surface area contributed by atoms with Gasteiger partial charge in [-0.1, -0.05) is 39.8 Å². The summed E-state index contributed by atoms with van der Waals surface area (Å²) in [5, 5.41) is 0. The van der Waals surface area contributed by atoms with Gasteiger partial charge in [-0.15, -0.1) is 0 Å². The molecule has 2 atom stereocenters. The molecule has 0 aromatic heterocycles. The average molecular weight is 219 g/mol. The van der Waals surface area contributed by atoms with Crippen LogP contribution in [0.1, 0.15) is 41.5 Å². The van der Waals surface area contributed by atoms with Crippen molar-refractivity contribution in [1.29, 1.82) is 0 Å². The largest absolute Gasteiger partial charge is 0.372 e. The van der Waals surface area contributed by atoms with Gasteiger partial charge in [-0.05, 0) is 31.3 Å². The van der Waals surface area contributed by atoms with Crippen LogP contribution in [0.4, 0.5) is 0 Å². The van der Waals surface area contributed by atoms with Gasteiger partial charge in [0.1, 0.15) is 0 Å². The molecule has 0 bridgehead atoms. The number of fused-ring (bicyclic) bond motifs is 1. The van der Waals surface area contributed by atoms with E-state index < -0.39 is 0 Å². The van der Waals surface area contributed by atoms with Crippen LogP contribution in [0.5, 0.6) is 0 Å². The van der Waals surface area contributed by atoms with E-state index in [-0.39, 0.29) is 16.4 Å². The highest BCUT2D eigenvalue weighted by molar-refractivity contribution is 5.37. The molecule has 0 spiro atoms. The number of nitrogens with zero attached hydrogens (tertiary/aromatic N) is 1. The molecule has 1 nitrogen and oxygen atoms in total. The fourth-order valence-corrected chi connectivity index (χ4v) is 3.62. The Bertz CT molecular complexity index is 373. The van der Waals surface area contributed by atoms with E-state index in [0.717, 1.165) is 0 Å². The molecule has 1 saturated heterocycles. The summed E-state index contributed by atoms with van der Waals surface area (Å²) >= 11 is 0. The lowest BCUT2D eigenvalue weighted by molar-refractivity contribution is 0.0427. The van der Waals surface area contributed by atoms with Gasteiger partial charge in [0.2, 0.25) is 0 Å². The van der Waals surface area contributed by atoms with Crippen molar-refractivity contribution in [3.8, 4) is 0 Å². The summed E-state index contributed by atoms with van der Waals surface area (Å²) in [4.78, 5) is 2.48. The van der Waals surface area contributed by atoms with E-state index in [2.05, 4.69) is 71.7 Å². The van der Waals surface area contributed by atoms with Crippen molar-refractivity contribution in [1.82, 2.24) is 4.90 Å². The number of likely N-dealkylation sites (tertiary alicyclic amines) is 1. The predicted molar refractivity (Wildman–Crippen MR) is 70.1 cm³/mol. The van der Waals surface area contributed by atoms with Crippen LogP contribution in [-0.2, 0) is 0 Å². The van der Waals surface area contributed by atoms with Gasteiger partial charge in [0.15, 0.2) is 0 Å². The van der Waals surface area contributed by atoms with E-state index in [1.807, 2.05) is 0 Å². The monoisotopic (exact) mass is 219 g/mol. The van der Waals surface area contributed by atoms with Gasteiger partial charge in [-0.25, -0.2) is 0 Å². The minimum Gasteiger partial charge on any atom is -0.372 e. The molecule has 1 aliphatic carbocycles. The van der Waals surface area contributed by atoms with Gasteiger partial charge in [-0.2, -0.15) is 0 Å². The molecule has 2 aliphatic rings. The third-order valence-electron chi connectivity index (χ3n) is 6.12. The standard InChI is InChI=1S/C15H25N/c1-11-9-8-10-12-15(11,6)13(2,3)14(4,5)16(12)7/h8-11H,1-7H3. The van der Waals surface area contributed by atoms with Crippen molar-refractivity contribution in [2.24, 2.45) is 16.7 Å². The maximum atomic E-state index is 2.48. The Morgan fingerprint density at radius 2 is 1.69 bits per heavy atom. The topological polar surface area (TPSA) is 3.24 Å². The second-order valence-electron chi connectivity index (χ2n) is 6.67. The molecule has 90 valence electrons. The molecule has 0 radical (unpaired) electrons. The molecule has 0 aromatic carbocycles. The van der Waals surface area contributed by atoms with E-state index in [9.17, 15) is 0 Å². The average Bonchev–Trinajstić information content (AvgIpc) is 2.29. The lowest BCUT2D eigenvalue weighted by atomic mass is 9.55. The van der Waals surface area contributed by atoms with Crippen molar-refractivity contribution in [2.75, 3.05) is 7.05 Å². The molecule has 1 aliphatic heterocycles. The molecule has 0 N–H and O–H groups in total. The highest BCUT2D eigenvalue weighted by Crippen LogP contribution is 2.64. The summed E-state index contributed by atoms with van der Waals surface area (Å²) in [5.41, 5.74) is 2.22. The first-order chi connectivity index (χ1) is 7.17.